The highest BCUT2D eigenvalue weighted by Gasteiger charge is 2.38. The number of sulfonamides is 1. The van der Waals surface area contributed by atoms with Crippen molar-refractivity contribution in [2.24, 2.45) is 0 Å². The van der Waals surface area contributed by atoms with Gasteiger partial charge in [0.25, 0.3) is 0 Å². The Hall–Kier alpha value is -1.22. The van der Waals surface area contributed by atoms with Gasteiger partial charge in [-0.15, -0.1) is 11.8 Å². The van der Waals surface area contributed by atoms with Crippen LogP contribution in [0.3, 0.4) is 0 Å². The minimum atomic E-state index is -3.63. The molecular weight excluding hydrogens is 450 g/mol. The summed E-state index contributed by atoms with van der Waals surface area (Å²) < 4.78 is 39.9. The molecule has 1 aliphatic rings. The molecule has 1 saturated heterocycles. The van der Waals surface area contributed by atoms with E-state index in [0.29, 0.717) is 22.8 Å². The molecule has 3 rings (SSSR count). The van der Waals surface area contributed by atoms with Crippen LogP contribution in [-0.2, 0) is 10.0 Å². The molecule has 0 radical (unpaired) electrons. The lowest BCUT2D eigenvalue weighted by Gasteiger charge is -2.25. The third-order valence-corrected chi connectivity index (χ3v) is 8.61. The number of nitrogens with zero attached hydrogens (tertiary/aromatic N) is 1. The SMILES string of the molecule is COc1cc(C)c(S(=O)(=O)N2CCSC2c2ccc(OC)c(Br)c2)cc1C. The van der Waals surface area contributed by atoms with Crippen LogP contribution in [0.25, 0.3) is 0 Å². The van der Waals surface area contributed by atoms with Crippen LogP contribution >= 0.6 is 27.7 Å². The van der Waals surface area contributed by atoms with Crippen molar-refractivity contribution in [2.75, 3.05) is 26.5 Å². The molecule has 146 valence electrons. The molecule has 0 bridgehead atoms. The summed E-state index contributed by atoms with van der Waals surface area (Å²) in [7, 11) is -0.438. The van der Waals surface area contributed by atoms with Crippen molar-refractivity contribution >= 4 is 37.7 Å². The Morgan fingerprint density at radius 3 is 2.41 bits per heavy atom. The number of halogens is 1. The Morgan fingerprint density at radius 1 is 1.07 bits per heavy atom. The third-order valence-electron chi connectivity index (χ3n) is 4.59. The second kappa shape index (κ2) is 8.03. The van der Waals surface area contributed by atoms with Crippen molar-refractivity contribution in [3.63, 3.8) is 0 Å². The molecule has 0 spiro atoms. The smallest absolute Gasteiger partial charge is 0.244 e. The van der Waals surface area contributed by atoms with Crippen LogP contribution in [0.1, 0.15) is 22.1 Å². The minimum Gasteiger partial charge on any atom is -0.496 e. The largest absolute Gasteiger partial charge is 0.496 e. The molecule has 1 atom stereocenters. The van der Waals surface area contributed by atoms with Crippen LogP contribution in [0.5, 0.6) is 11.5 Å². The maximum absolute atomic E-state index is 13.4. The number of thioether (sulfide) groups is 1. The second-order valence-corrected chi connectivity index (χ2v) is 10.2. The van der Waals surface area contributed by atoms with Crippen molar-refractivity contribution in [3.8, 4) is 11.5 Å². The number of rotatable bonds is 5. The summed E-state index contributed by atoms with van der Waals surface area (Å²) >= 11 is 5.12. The van der Waals surface area contributed by atoms with Crippen molar-refractivity contribution in [3.05, 3.63) is 51.5 Å². The fraction of sp³-hybridized carbons (Fsp3) is 0.368. The van der Waals surface area contributed by atoms with Gasteiger partial charge in [0.15, 0.2) is 0 Å². The summed E-state index contributed by atoms with van der Waals surface area (Å²) in [6.45, 7) is 4.14. The normalized spacial score (nSPS) is 17.9. The molecule has 1 heterocycles. The van der Waals surface area contributed by atoms with Crippen LogP contribution in [0.15, 0.2) is 39.7 Å². The zero-order valence-corrected chi connectivity index (χ0v) is 18.9. The number of ether oxygens (including phenoxy) is 2. The van der Waals surface area contributed by atoms with Crippen molar-refractivity contribution in [1.82, 2.24) is 4.31 Å². The molecule has 5 nitrogen and oxygen atoms in total. The zero-order chi connectivity index (χ0) is 19.8. The van der Waals surface area contributed by atoms with E-state index in [1.54, 1.807) is 49.3 Å². The van der Waals surface area contributed by atoms with Gasteiger partial charge in [-0.2, -0.15) is 4.31 Å². The number of hydrogen-bond donors (Lipinski definition) is 0. The summed E-state index contributed by atoms with van der Waals surface area (Å²) in [6, 6.07) is 9.18. The highest BCUT2D eigenvalue weighted by atomic mass is 79.9. The lowest BCUT2D eigenvalue weighted by Crippen LogP contribution is -2.31. The summed E-state index contributed by atoms with van der Waals surface area (Å²) in [5, 5.41) is -0.265. The van der Waals surface area contributed by atoms with Crippen molar-refractivity contribution < 1.29 is 17.9 Å². The van der Waals surface area contributed by atoms with Gasteiger partial charge in [0.05, 0.1) is 29.0 Å². The van der Waals surface area contributed by atoms with E-state index < -0.39 is 10.0 Å². The van der Waals surface area contributed by atoms with Gasteiger partial charge in [0.2, 0.25) is 10.0 Å². The summed E-state index contributed by atoms with van der Waals surface area (Å²) in [6.07, 6.45) is 0. The zero-order valence-electron chi connectivity index (χ0n) is 15.7. The van der Waals surface area contributed by atoms with Crippen LogP contribution in [-0.4, -0.2) is 39.2 Å². The summed E-state index contributed by atoms with van der Waals surface area (Å²) in [5.41, 5.74) is 2.41. The summed E-state index contributed by atoms with van der Waals surface area (Å²) in [4.78, 5) is 0.334. The molecule has 0 aromatic heterocycles. The maximum Gasteiger partial charge on any atom is 0.244 e. The third kappa shape index (κ3) is 3.85. The molecule has 1 aliphatic heterocycles. The molecule has 1 unspecified atom stereocenters. The first-order valence-corrected chi connectivity index (χ1v) is 11.7. The van der Waals surface area contributed by atoms with E-state index in [0.717, 1.165) is 27.1 Å². The number of hydrogen-bond acceptors (Lipinski definition) is 5. The Kier molecular flexibility index (Phi) is 6.10. The molecule has 2 aromatic rings. The standard InChI is InChI=1S/C19H22BrNO4S2/c1-12-10-18(13(2)9-17(12)25-4)27(22,23)21-7-8-26-19(21)14-5-6-16(24-3)15(20)11-14/h5-6,9-11,19H,7-8H2,1-4H3. The molecule has 2 aromatic carbocycles. The van der Waals surface area contributed by atoms with Gasteiger partial charge in [-0.1, -0.05) is 6.07 Å². The van der Waals surface area contributed by atoms with Crippen LogP contribution in [0.4, 0.5) is 0 Å². The Labute approximate surface area is 173 Å². The van der Waals surface area contributed by atoms with Crippen LogP contribution in [0.2, 0.25) is 0 Å². The van der Waals surface area contributed by atoms with Gasteiger partial charge in [-0.25, -0.2) is 8.42 Å². The van der Waals surface area contributed by atoms with E-state index in [1.165, 1.54) is 0 Å². The topological polar surface area (TPSA) is 55.8 Å². The first-order valence-electron chi connectivity index (χ1n) is 8.41. The number of benzene rings is 2. The van der Waals surface area contributed by atoms with E-state index in [-0.39, 0.29) is 5.37 Å². The molecular formula is C19H22BrNO4S2. The average molecular weight is 472 g/mol. The van der Waals surface area contributed by atoms with Gasteiger partial charge in [0, 0.05) is 12.3 Å². The number of aryl methyl sites for hydroxylation is 2. The van der Waals surface area contributed by atoms with Crippen LogP contribution in [0, 0.1) is 13.8 Å². The van der Waals surface area contributed by atoms with Crippen molar-refractivity contribution in [2.45, 2.75) is 24.1 Å². The fourth-order valence-corrected chi connectivity index (χ4v) is 7.27. The van der Waals surface area contributed by atoms with Gasteiger partial charge >= 0.3 is 0 Å². The lowest BCUT2D eigenvalue weighted by molar-refractivity contribution is 0.409. The van der Waals surface area contributed by atoms with E-state index in [1.807, 2.05) is 25.1 Å². The minimum absolute atomic E-state index is 0.265. The first kappa shape index (κ1) is 20.5. The quantitative estimate of drug-likeness (QED) is 0.641. The first-order chi connectivity index (χ1) is 12.8. The summed E-state index contributed by atoms with van der Waals surface area (Å²) in [5.74, 6) is 2.16. The predicted octanol–water partition coefficient (Wildman–Crippen LogP) is 4.52. The Bertz CT molecular complexity index is 962. The second-order valence-electron chi connectivity index (χ2n) is 6.32. The maximum atomic E-state index is 13.4. The van der Waals surface area contributed by atoms with Gasteiger partial charge in [-0.05, 0) is 70.7 Å². The molecule has 0 N–H and O–H groups in total. The van der Waals surface area contributed by atoms with Gasteiger partial charge in [-0.3, -0.25) is 0 Å². The molecule has 0 aliphatic carbocycles. The monoisotopic (exact) mass is 471 g/mol. The van der Waals surface area contributed by atoms with Gasteiger partial charge < -0.3 is 9.47 Å². The van der Waals surface area contributed by atoms with E-state index in [9.17, 15) is 8.42 Å². The molecule has 0 amide bonds. The average Bonchev–Trinajstić information content (AvgIpc) is 3.13. The number of methoxy groups -OCH3 is 2. The Balaban J connectivity index is 2.01. The molecule has 8 heteroatoms. The van der Waals surface area contributed by atoms with Crippen molar-refractivity contribution in [1.29, 1.82) is 0 Å². The Morgan fingerprint density at radius 2 is 1.78 bits per heavy atom. The highest BCUT2D eigenvalue weighted by Crippen LogP contribution is 2.43. The van der Waals surface area contributed by atoms with E-state index in [2.05, 4.69) is 15.9 Å². The molecule has 0 saturated carbocycles. The van der Waals surface area contributed by atoms with E-state index >= 15 is 0 Å². The molecule has 1 fully saturated rings. The predicted molar refractivity (Wildman–Crippen MR) is 112 cm³/mol. The lowest BCUT2D eigenvalue weighted by atomic mass is 10.1. The fourth-order valence-electron chi connectivity index (χ4n) is 3.19. The molecule has 27 heavy (non-hydrogen) atoms. The highest BCUT2D eigenvalue weighted by molar-refractivity contribution is 9.10. The van der Waals surface area contributed by atoms with Crippen LogP contribution < -0.4 is 9.47 Å². The van der Waals surface area contributed by atoms with E-state index in [4.69, 9.17) is 9.47 Å². The van der Waals surface area contributed by atoms with Gasteiger partial charge in [0.1, 0.15) is 11.5 Å².